The van der Waals surface area contributed by atoms with E-state index in [9.17, 15) is 12.8 Å². The Morgan fingerprint density at radius 2 is 1.51 bits per heavy atom. The molecule has 0 unspecified atom stereocenters. The maximum absolute atomic E-state index is 13.6. The number of anilines is 1. The second-order valence-electron chi connectivity index (χ2n) is 8.01. The van der Waals surface area contributed by atoms with Gasteiger partial charge in [0.2, 0.25) is 21.8 Å². The molecule has 180 valence electrons. The molecule has 1 aliphatic heterocycles. The summed E-state index contributed by atoms with van der Waals surface area (Å²) in [6.07, 6.45) is 0. The molecule has 3 aromatic carbocycles. The van der Waals surface area contributed by atoms with E-state index < -0.39 is 10.0 Å². The number of hydrogen-bond acceptors (Lipinski definition) is 7. The van der Waals surface area contributed by atoms with Crippen LogP contribution in [0, 0.1) is 5.82 Å². The van der Waals surface area contributed by atoms with E-state index in [4.69, 9.17) is 9.15 Å². The van der Waals surface area contributed by atoms with Gasteiger partial charge in [-0.15, -0.1) is 10.2 Å². The molecule has 1 saturated heterocycles. The van der Waals surface area contributed by atoms with E-state index in [0.717, 1.165) is 11.3 Å². The molecule has 8 nitrogen and oxygen atoms in total. The van der Waals surface area contributed by atoms with Gasteiger partial charge in [0.25, 0.3) is 0 Å². The van der Waals surface area contributed by atoms with Gasteiger partial charge in [0.15, 0.2) is 0 Å². The molecule has 1 aromatic heterocycles. The topological polar surface area (TPSA) is 88.8 Å². The zero-order chi connectivity index (χ0) is 24.4. The minimum absolute atomic E-state index is 0.0344. The molecule has 0 radical (unpaired) electrons. The molecule has 35 heavy (non-hydrogen) atoms. The molecule has 0 spiro atoms. The van der Waals surface area contributed by atoms with Crippen LogP contribution in [0.15, 0.2) is 82.1 Å². The van der Waals surface area contributed by atoms with Crippen molar-refractivity contribution in [3.8, 4) is 28.7 Å². The number of methoxy groups -OCH3 is 1. The fraction of sp³-hybridized carbons (Fsp3) is 0.200. The number of sulfonamides is 1. The summed E-state index contributed by atoms with van der Waals surface area (Å²) < 4.78 is 53.0. The Kier molecular flexibility index (Phi) is 6.23. The Labute approximate surface area is 202 Å². The second kappa shape index (κ2) is 9.47. The van der Waals surface area contributed by atoms with Crippen molar-refractivity contribution in [2.45, 2.75) is 4.90 Å². The SMILES string of the molecule is COc1ccc(-c2nnc(-c3ccccc3)o2)cc1S(=O)(=O)N1CCN(c2ccc(F)cc2)CC1. The van der Waals surface area contributed by atoms with Gasteiger partial charge in [-0.2, -0.15) is 4.31 Å². The minimum atomic E-state index is -3.86. The van der Waals surface area contributed by atoms with Crippen LogP contribution in [0.5, 0.6) is 5.75 Å². The number of nitrogens with zero attached hydrogens (tertiary/aromatic N) is 4. The molecule has 2 heterocycles. The lowest BCUT2D eigenvalue weighted by Crippen LogP contribution is -2.48. The lowest BCUT2D eigenvalue weighted by atomic mass is 10.2. The predicted molar refractivity (Wildman–Crippen MR) is 129 cm³/mol. The van der Waals surface area contributed by atoms with Crippen LogP contribution < -0.4 is 9.64 Å². The molecule has 4 aromatic rings. The van der Waals surface area contributed by atoms with Gasteiger partial charge >= 0.3 is 0 Å². The number of halogens is 1. The molecule has 0 bridgehead atoms. The number of ether oxygens (including phenoxy) is 1. The summed E-state index contributed by atoms with van der Waals surface area (Å²) in [5.41, 5.74) is 2.10. The monoisotopic (exact) mass is 494 g/mol. The van der Waals surface area contributed by atoms with Crippen LogP contribution in [0.1, 0.15) is 0 Å². The Morgan fingerprint density at radius 1 is 0.857 bits per heavy atom. The summed E-state index contributed by atoms with van der Waals surface area (Å²) in [5.74, 6) is 0.485. The highest BCUT2D eigenvalue weighted by Crippen LogP contribution is 2.33. The number of piperazine rings is 1. The molecule has 0 atom stereocenters. The lowest BCUT2D eigenvalue weighted by molar-refractivity contribution is 0.374. The quantitative estimate of drug-likeness (QED) is 0.399. The normalized spacial score (nSPS) is 14.7. The minimum Gasteiger partial charge on any atom is -0.495 e. The first-order valence-corrected chi connectivity index (χ1v) is 12.5. The summed E-state index contributed by atoms with van der Waals surface area (Å²) in [4.78, 5) is 2.06. The zero-order valence-electron chi connectivity index (χ0n) is 19.0. The Morgan fingerprint density at radius 3 is 2.17 bits per heavy atom. The molecule has 0 aliphatic carbocycles. The zero-order valence-corrected chi connectivity index (χ0v) is 19.8. The van der Waals surface area contributed by atoms with Gasteiger partial charge in [0.1, 0.15) is 16.5 Å². The largest absolute Gasteiger partial charge is 0.495 e. The number of hydrogen-bond donors (Lipinski definition) is 0. The first-order chi connectivity index (χ1) is 17.0. The van der Waals surface area contributed by atoms with Crippen LogP contribution in [-0.4, -0.2) is 56.2 Å². The van der Waals surface area contributed by atoms with Crippen molar-refractivity contribution in [2.24, 2.45) is 0 Å². The van der Waals surface area contributed by atoms with Crippen LogP contribution in [0.3, 0.4) is 0 Å². The molecule has 0 saturated carbocycles. The van der Waals surface area contributed by atoms with Crippen molar-refractivity contribution >= 4 is 15.7 Å². The average Bonchev–Trinajstić information content (AvgIpc) is 3.40. The van der Waals surface area contributed by atoms with Gasteiger partial charge < -0.3 is 14.1 Å². The Hall–Kier alpha value is -3.76. The van der Waals surface area contributed by atoms with Crippen LogP contribution >= 0.6 is 0 Å². The molecule has 1 aliphatic rings. The molecule has 0 N–H and O–H groups in total. The van der Waals surface area contributed by atoms with Gasteiger partial charge in [-0.25, -0.2) is 12.8 Å². The number of rotatable bonds is 6. The van der Waals surface area contributed by atoms with Gasteiger partial charge in [-0.3, -0.25) is 0 Å². The summed E-state index contributed by atoms with van der Waals surface area (Å²) in [7, 11) is -2.43. The molecule has 0 amide bonds. The fourth-order valence-corrected chi connectivity index (χ4v) is 5.63. The third kappa shape index (κ3) is 4.62. The first kappa shape index (κ1) is 23.0. The van der Waals surface area contributed by atoms with Crippen molar-refractivity contribution in [3.63, 3.8) is 0 Å². The van der Waals surface area contributed by atoms with Crippen LogP contribution in [0.2, 0.25) is 0 Å². The predicted octanol–water partition coefficient (Wildman–Crippen LogP) is 4.06. The van der Waals surface area contributed by atoms with Crippen molar-refractivity contribution in [1.29, 1.82) is 0 Å². The first-order valence-electron chi connectivity index (χ1n) is 11.0. The third-order valence-electron chi connectivity index (χ3n) is 5.90. The van der Waals surface area contributed by atoms with E-state index in [-0.39, 0.29) is 35.4 Å². The van der Waals surface area contributed by atoms with Crippen LogP contribution in [0.4, 0.5) is 10.1 Å². The summed E-state index contributed by atoms with van der Waals surface area (Å²) >= 11 is 0. The molecular formula is C25H23FN4O4S. The molecule has 10 heteroatoms. The summed E-state index contributed by atoms with van der Waals surface area (Å²) in [5, 5.41) is 8.20. The summed E-state index contributed by atoms with van der Waals surface area (Å²) in [6, 6.07) is 20.3. The highest BCUT2D eigenvalue weighted by Gasteiger charge is 2.31. The Bertz CT molecular complexity index is 1420. The average molecular weight is 495 g/mol. The van der Waals surface area contributed by atoms with Crippen molar-refractivity contribution in [3.05, 3.63) is 78.6 Å². The third-order valence-corrected chi connectivity index (χ3v) is 7.82. The van der Waals surface area contributed by atoms with Crippen molar-refractivity contribution in [2.75, 3.05) is 38.2 Å². The standard InChI is InChI=1S/C25H23FN4O4S/c1-33-22-12-7-19(25-28-27-24(34-25)18-5-3-2-4-6-18)17-23(22)35(31,32)30-15-13-29(14-16-30)21-10-8-20(26)9-11-21/h2-12,17H,13-16H2,1H3. The molecule has 5 rings (SSSR count). The van der Waals surface area contributed by atoms with Crippen molar-refractivity contribution < 1.29 is 22.0 Å². The van der Waals surface area contributed by atoms with Crippen LogP contribution in [-0.2, 0) is 10.0 Å². The Balaban J connectivity index is 1.39. The van der Waals surface area contributed by atoms with Crippen molar-refractivity contribution in [1.82, 2.24) is 14.5 Å². The van der Waals surface area contributed by atoms with Gasteiger partial charge in [0.05, 0.1) is 7.11 Å². The lowest BCUT2D eigenvalue weighted by Gasteiger charge is -2.35. The van der Waals surface area contributed by atoms with Gasteiger partial charge in [0, 0.05) is 43.0 Å². The number of benzene rings is 3. The maximum atomic E-state index is 13.6. The maximum Gasteiger partial charge on any atom is 0.248 e. The fourth-order valence-electron chi connectivity index (χ4n) is 4.03. The van der Waals surface area contributed by atoms with Crippen LogP contribution in [0.25, 0.3) is 22.9 Å². The van der Waals surface area contributed by atoms with E-state index in [2.05, 4.69) is 10.2 Å². The second-order valence-corrected chi connectivity index (χ2v) is 9.92. The van der Waals surface area contributed by atoms with Gasteiger partial charge in [-0.05, 0) is 54.6 Å². The van der Waals surface area contributed by atoms with E-state index in [1.807, 2.05) is 35.2 Å². The van der Waals surface area contributed by atoms with Gasteiger partial charge in [-0.1, -0.05) is 18.2 Å². The summed E-state index contributed by atoms with van der Waals surface area (Å²) in [6.45, 7) is 1.53. The smallest absolute Gasteiger partial charge is 0.248 e. The van der Waals surface area contributed by atoms with E-state index in [1.54, 1.807) is 24.3 Å². The number of aromatic nitrogens is 2. The van der Waals surface area contributed by atoms with E-state index in [0.29, 0.717) is 24.5 Å². The van der Waals surface area contributed by atoms with E-state index in [1.165, 1.54) is 29.6 Å². The highest BCUT2D eigenvalue weighted by atomic mass is 32.2. The molecular weight excluding hydrogens is 471 g/mol. The van der Waals surface area contributed by atoms with E-state index >= 15 is 0 Å². The molecule has 1 fully saturated rings. The highest BCUT2D eigenvalue weighted by molar-refractivity contribution is 7.89.